The number of aromatic nitrogens is 3. The number of nitrogen functional groups attached to an aromatic ring is 1. The predicted octanol–water partition coefficient (Wildman–Crippen LogP) is 12.4. The smallest absolute Gasteiger partial charge is 0.164 e. The number of nitrogens with zero attached hydrogens (tertiary/aromatic N) is 3. The van der Waals surface area contributed by atoms with Crippen LogP contribution < -0.4 is 5.73 Å². The van der Waals surface area contributed by atoms with Gasteiger partial charge >= 0.3 is 0 Å². The van der Waals surface area contributed by atoms with E-state index in [0.29, 0.717) is 23.2 Å². The highest BCUT2D eigenvalue weighted by atomic mass is 16.3. The zero-order valence-corrected chi connectivity index (χ0v) is 30.8. The van der Waals surface area contributed by atoms with Crippen molar-refractivity contribution in [3.63, 3.8) is 0 Å². The zero-order valence-electron chi connectivity index (χ0n) is 30.8. The van der Waals surface area contributed by atoms with Crippen LogP contribution in [0.1, 0.15) is 22.3 Å². The largest absolute Gasteiger partial charge is 0.456 e. The van der Waals surface area contributed by atoms with Gasteiger partial charge in [-0.25, -0.2) is 15.0 Å². The molecule has 0 saturated heterocycles. The highest BCUT2D eigenvalue weighted by Gasteiger charge is 2.47. The van der Waals surface area contributed by atoms with Crippen molar-refractivity contribution in [1.29, 1.82) is 0 Å². The fourth-order valence-electron chi connectivity index (χ4n) is 8.84. The van der Waals surface area contributed by atoms with Crippen molar-refractivity contribution in [2.24, 2.45) is 0 Å². The van der Waals surface area contributed by atoms with Gasteiger partial charge in [0, 0.05) is 27.8 Å². The van der Waals surface area contributed by atoms with E-state index in [2.05, 4.69) is 115 Å². The lowest BCUT2D eigenvalue weighted by molar-refractivity contribution is 0.668. The van der Waals surface area contributed by atoms with Crippen LogP contribution in [0.2, 0.25) is 0 Å². The molecule has 0 radical (unpaired) electrons. The molecule has 0 fully saturated rings. The second kappa shape index (κ2) is 13.0. The average molecular weight is 731 g/mol. The first kappa shape index (κ1) is 32.8. The molecule has 0 spiro atoms. The van der Waals surface area contributed by atoms with Gasteiger partial charge in [0.05, 0.1) is 10.8 Å². The minimum absolute atomic E-state index is 0.600. The molecule has 1 aliphatic rings. The van der Waals surface area contributed by atoms with Gasteiger partial charge in [-0.3, -0.25) is 0 Å². The van der Waals surface area contributed by atoms with Crippen LogP contribution in [0, 0.1) is 0 Å². The van der Waals surface area contributed by atoms with Crippen molar-refractivity contribution in [3.05, 3.63) is 216 Å². The van der Waals surface area contributed by atoms with Gasteiger partial charge in [0.2, 0.25) is 0 Å². The lowest BCUT2D eigenvalue weighted by Crippen LogP contribution is -2.28. The van der Waals surface area contributed by atoms with Crippen LogP contribution in [0.25, 0.3) is 78.4 Å². The number of benzene rings is 8. The maximum atomic E-state index is 6.73. The van der Waals surface area contributed by atoms with Crippen LogP contribution in [0.15, 0.2) is 199 Å². The minimum Gasteiger partial charge on any atom is -0.456 e. The Bertz CT molecular complexity index is 3010. The number of nitrogens with two attached hydrogens (primary N) is 1. The van der Waals surface area contributed by atoms with Gasteiger partial charge in [-0.15, -0.1) is 0 Å². The molecule has 0 amide bonds. The molecule has 5 heteroatoms. The van der Waals surface area contributed by atoms with Crippen LogP contribution in [-0.2, 0) is 5.41 Å². The molecule has 5 nitrogen and oxygen atoms in total. The van der Waals surface area contributed by atoms with Gasteiger partial charge < -0.3 is 10.2 Å². The van der Waals surface area contributed by atoms with Crippen molar-refractivity contribution in [1.82, 2.24) is 15.0 Å². The third-order valence-corrected chi connectivity index (χ3v) is 11.4. The second-order valence-electron chi connectivity index (χ2n) is 14.5. The molecule has 0 saturated carbocycles. The van der Waals surface area contributed by atoms with Gasteiger partial charge in [-0.2, -0.15) is 0 Å². The van der Waals surface area contributed by atoms with Gasteiger partial charge in [0.25, 0.3) is 0 Å². The quantitative estimate of drug-likeness (QED) is 0.172. The molecule has 8 aromatic carbocycles. The van der Waals surface area contributed by atoms with Crippen molar-refractivity contribution in [2.75, 3.05) is 5.73 Å². The van der Waals surface area contributed by atoms with Gasteiger partial charge in [-0.1, -0.05) is 170 Å². The first-order chi connectivity index (χ1) is 28.2. The molecule has 2 N–H and O–H groups in total. The number of hydrogen-bond donors (Lipinski definition) is 1. The Labute approximate surface area is 329 Å². The average Bonchev–Trinajstić information content (AvgIpc) is 3.82. The van der Waals surface area contributed by atoms with E-state index < -0.39 is 5.41 Å². The molecule has 1 aliphatic carbocycles. The van der Waals surface area contributed by atoms with Gasteiger partial charge in [-0.05, 0) is 68.8 Å². The maximum Gasteiger partial charge on any atom is 0.164 e. The van der Waals surface area contributed by atoms with E-state index in [4.69, 9.17) is 25.1 Å². The van der Waals surface area contributed by atoms with Crippen LogP contribution in [0.4, 0.5) is 5.69 Å². The molecule has 10 aromatic rings. The van der Waals surface area contributed by atoms with E-state index in [0.717, 1.165) is 55.3 Å². The summed E-state index contributed by atoms with van der Waals surface area (Å²) in [7, 11) is 0. The molecular formula is C52H34N4O. The van der Waals surface area contributed by atoms with E-state index in [9.17, 15) is 0 Å². The Kier molecular flexibility index (Phi) is 7.47. The van der Waals surface area contributed by atoms with Crippen LogP contribution >= 0.6 is 0 Å². The maximum absolute atomic E-state index is 6.73. The molecule has 11 rings (SSSR count). The molecule has 0 bridgehead atoms. The fraction of sp³-hybridized carbons (Fsp3) is 0.0192. The number of fused-ring (bicyclic) bond motifs is 7. The summed E-state index contributed by atoms with van der Waals surface area (Å²) in [5.41, 5.74) is 20.6. The molecule has 57 heavy (non-hydrogen) atoms. The summed E-state index contributed by atoms with van der Waals surface area (Å²) in [5.74, 6) is 1.91. The minimum atomic E-state index is -0.600. The van der Waals surface area contributed by atoms with E-state index >= 15 is 0 Å². The molecule has 2 heterocycles. The Morgan fingerprint density at radius 2 is 0.877 bits per heavy atom. The standard InChI is InChI=1S/C52H34N4O/c53-43-22-13-23-44-47(43)48-45(57-44)31-30-41-46(48)40-29-28-37(32-42(40)52(41,38-18-9-3-10-19-38)39-20-11-4-12-21-39)33-24-26-36(27-25-33)51-55-49(34-14-5-1-6-15-34)54-50(56-51)35-16-7-2-8-17-35/h1-32H,53H2. The molecule has 0 atom stereocenters. The number of furan rings is 1. The van der Waals surface area contributed by atoms with E-state index in [1.807, 2.05) is 78.9 Å². The van der Waals surface area contributed by atoms with Gasteiger partial charge in [0.1, 0.15) is 11.2 Å². The number of hydrogen-bond acceptors (Lipinski definition) is 5. The van der Waals surface area contributed by atoms with Crippen molar-refractivity contribution in [2.45, 2.75) is 5.41 Å². The predicted molar refractivity (Wildman–Crippen MR) is 231 cm³/mol. The Hall–Kier alpha value is -7.63. The monoisotopic (exact) mass is 730 g/mol. The van der Waals surface area contributed by atoms with Crippen LogP contribution in [0.5, 0.6) is 0 Å². The van der Waals surface area contributed by atoms with Crippen LogP contribution in [0.3, 0.4) is 0 Å². The SMILES string of the molecule is Nc1cccc2oc3ccc4c(c3c12)-c1ccc(-c2ccc(-c3nc(-c5ccccc5)nc(-c5ccccc5)n3)cc2)cc1C4(c1ccccc1)c1ccccc1. The molecule has 0 unspecified atom stereocenters. The summed E-state index contributed by atoms with van der Waals surface area (Å²) >= 11 is 0. The second-order valence-corrected chi connectivity index (χ2v) is 14.5. The number of rotatable bonds is 6. The summed E-state index contributed by atoms with van der Waals surface area (Å²) < 4.78 is 6.46. The Morgan fingerprint density at radius 1 is 0.386 bits per heavy atom. The van der Waals surface area contributed by atoms with E-state index in [1.54, 1.807) is 0 Å². The first-order valence-electron chi connectivity index (χ1n) is 19.1. The first-order valence-corrected chi connectivity index (χ1v) is 19.1. The third-order valence-electron chi connectivity index (χ3n) is 11.4. The lowest BCUT2D eigenvalue weighted by atomic mass is 9.67. The van der Waals surface area contributed by atoms with Gasteiger partial charge in [0.15, 0.2) is 17.5 Å². The van der Waals surface area contributed by atoms with E-state index in [1.165, 1.54) is 27.8 Å². The highest BCUT2D eigenvalue weighted by Crippen LogP contribution is 2.59. The fourth-order valence-corrected chi connectivity index (χ4v) is 8.84. The molecule has 2 aromatic heterocycles. The Morgan fingerprint density at radius 3 is 1.46 bits per heavy atom. The topological polar surface area (TPSA) is 77.8 Å². The summed E-state index contributed by atoms with van der Waals surface area (Å²) in [6, 6.07) is 67.6. The number of anilines is 1. The summed E-state index contributed by atoms with van der Waals surface area (Å²) in [6.07, 6.45) is 0. The third kappa shape index (κ3) is 5.13. The molecule has 0 aliphatic heterocycles. The van der Waals surface area contributed by atoms with Crippen molar-refractivity contribution >= 4 is 27.6 Å². The lowest BCUT2D eigenvalue weighted by Gasteiger charge is -2.34. The Balaban J connectivity index is 1.10. The molecule has 268 valence electrons. The van der Waals surface area contributed by atoms with Crippen molar-refractivity contribution in [3.8, 4) is 56.4 Å². The summed E-state index contributed by atoms with van der Waals surface area (Å²) in [6.45, 7) is 0. The molecular weight excluding hydrogens is 697 g/mol. The zero-order chi connectivity index (χ0) is 37.9. The summed E-state index contributed by atoms with van der Waals surface area (Å²) in [4.78, 5) is 14.8. The highest BCUT2D eigenvalue weighted by molar-refractivity contribution is 6.19. The van der Waals surface area contributed by atoms with Crippen molar-refractivity contribution < 1.29 is 4.42 Å². The van der Waals surface area contributed by atoms with E-state index in [-0.39, 0.29) is 0 Å². The summed E-state index contributed by atoms with van der Waals surface area (Å²) in [5, 5.41) is 2.01. The normalized spacial score (nSPS) is 12.8. The van der Waals surface area contributed by atoms with Crippen LogP contribution in [-0.4, -0.2) is 15.0 Å².